The summed E-state index contributed by atoms with van der Waals surface area (Å²) in [6.45, 7) is 5.02. The quantitative estimate of drug-likeness (QED) is 0.673. The Kier molecular flexibility index (Phi) is 5.93. The molecule has 2 amide bonds. The second-order valence-electron chi connectivity index (χ2n) is 8.44. The van der Waals surface area contributed by atoms with E-state index in [9.17, 15) is 9.59 Å². The molecule has 0 radical (unpaired) electrons. The molecule has 7 heteroatoms. The predicted molar refractivity (Wildman–Crippen MR) is 125 cm³/mol. The Balaban J connectivity index is 1.83. The summed E-state index contributed by atoms with van der Waals surface area (Å²) in [5, 5.41) is 0. The minimum absolute atomic E-state index is 0.0542. The van der Waals surface area contributed by atoms with Gasteiger partial charge in [0.1, 0.15) is 11.4 Å². The van der Waals surface area contributed by atoms with Crippen LogP contribution in [0.3, 0.4) is 0 Å². The highest BCUT2D eigenvalue weighted by molar-refractivity contribution is 6.45. The number of nitrogens with zero attached hydrogens (tertiary/aromatic N) is 3. The number of benzene rings is 2. The van der Waals surface area contributed by atoms with Crippen molar-refractivity contribution in [2.24, 2.45) is 0 Å². The maximum Gasteiger partial charge on any atom is 0.282 e. The average molecular weight is 436 g/mol. The van der Waals surface area contributed by atoms with Crippen molar-refractivity contribution >= 4 is 28.8 Å². The van der Waals surface area contributed by atoms with Crippen LogP contribution in [-0.2, 0) is 14.3 Å². The van der Waals surface area contributed by atoms with Crippen molar-refractivity contribution in [2.45, 2.75) is 26.1 Å². The van der Waals surface area contributed by atoms with Gasteiger partial charge in [-0.25, -0.2) is 4.90 Å². The van der Waals surface area contributed by atoms with E-state index in [-0.39, 0.29) is 24.0 Å². The molecule has 2 unspecified atom stereocenters. The van der Waals surface area contributed by atoms with Crippen LogP contribution in [-0.4, -0.2) is 63.2 Å². The van der Waals surface area contributed by atoms with Crippen LogP contribution in [0.2, 0.25) is 0 Å². The van der Waals surface area contributed by atoms with Crippen LogP contribution in [0.15, 0.2) is 54.2 Å². The van der Waals surface area contributed by atoms with Gasteiger partial charge in [0.05, 0.1) is 30.6 Å². The Morgan fingerprint density at radius 3 is 2.16 bits per heavy atom. The molecule has 0 saturated carbocycles. The van der Waals surface area contributed by atoms with E-state index in [1.807, 2.05) is 68.1 Å². The number of rotatable bonds is 5. The summed E-state index contributed by atoms with van der Waals surface area (Å²) in [6, 6.07) is 14.7. The SMILES string of the molecule is COc1ccccc1C1=C(N2CC(C)OC(C)C2)C(=O)N(c2ccc(N(C)C)cc2)C1=O. The van der Waals surface area contributed by atoms with Crippen molar-refractivity contribution in [1.29, 1.82) is 0 Å². The lowest BCUT2D eigenvalue weighted by Crippen LogP contribution is -2.47. The van der Waals surface area contributed by atoms with E-state index in [4.69, 9.17) is 9.47 Å². The van der Waals surface area contributed by atoms with Gasteiger partial charge in [0.2, 0.25) is 0 Å². The van der Waals surface area contributed by atoms with Crippen LogP contribution in [0.5, 0.6) is 5.75 Å². The molecule has 0 bridgehead atoms. The summed E-state index contributed by atoms with van der Waals surface area (Å²) in [6.07, 6.45) is -0.108. The Labute approximate surface area is 188 Å². The molecule has 7 nitrogen and oxygen atoms in total. The molecule has 1 fully saturated rings. The number of morpholine rings is 1. The summed E-state index contributed by atoms with van der Waals surface area (Å²) in [7, 11) is 5.46. The molecule has 0 spiro atoms. The van der Waals surface area contributed by atoms with Crippen molar-refractivity contribution in [3.8, 4) is 5.75 Å². The van der Waals surface area contributed by atoms with Crippen molar-refractivity contribution in [2.75, 3.05) is 44.1 Å². The third-order valence-electron chi connectivity index (χ3n) is 5.80. The van der Waals surface area contributed by atoms with Gasteiger partial charge in [-0.2, -0.15) is 0 Å². The Morgan fingerprint density at radius 1 is 0.938 bits per heavy atom. The van der Waals surface area contributed by atoms with Crippen LogP contribution >= 0.6 is 0 Å². The zero-order valence-electron chi connectivity index (χ0n) is 19.2. The molecule has 2 atom stereocenters. The summed E-state index contributed by atoms with van der Waals surface area (Å²) in [5.74, 6) is -0.117. The fraction of sp³-hybridized carbons (Fsp3) is 0.360. The monoisotopic (exact) mass is 435 g/mol. The number of ether oxygens (including phenoxy) is 2. The van der Waals surface area contributed by atoms with Gasteiger partial charge >= 0.3 is 0 Å². The second kappa shape index (κ2) is 8.67. The minimum atomic E-state index is -0.348. The molecule has 32 heavy (non-hydrogen) atoms. The first-order valence-corrected chi connectivity index (χ1v) is 10.8. The van der Waals surface area contributed by atoms with Crippen molar-refractivity contribution in [3.63, 3.8) is 0 Å². The number of carbonyl (C=O) groups is 2. The van der Waals surface area contributed by atoms with Crippen LogP contribution in [0.4, 0.5) is 11.4 Å². The zero-order valence-corrected chi connectivity index (χ0v) is 19.2. The highest BCUT2D eigenvalue weighted by Gasteiger charge is 2.44. The Hall–Kier alpha value is -3.32. The van der Waals surface area contributed by atoms with Gasteiger partial charge in [-0.3, -0.25) is 9.59 Å². The molecule has 2 aliphatic rings. The molecule has 4 rings (SSSR count). The Bertz CT molecular complexity index is 1050. The molecular weight excluding hydrogens is 406 g/mol. The average Bonchev–Trinajstić information content (AvgIpc) is 3.03. The predicted octanol–water partition coefficient (Wildman–Crippen LogP) is 3.15. The maximum atomic E-state index is 13.7. The van der Waals surface area contributed by atoms with Gasteiger partial charge in [-0.1, -0.05) is 18.2 Å². The topological polar surface area (TPSA) is 62.3 Å². The van der Waals surface area contributed by atoms with E-state index in [1.54, 1.807) is 25.3 Å². The Morgan fingerprint density at radius 2 is 1.56 bits per heavy atom. The van der Waals surface area contributed by atoms with E-state index < -0.39 is 0 Å². The van der Waals surface area contributed by atoms with Gasteiger partial charge in [0.25, 0.3) is 11.8 Å². The van der Waals surface area contributed by atoms with Gasteiger partial charge < -0.3 is 19.3 Å². The lowest BCUT2D eigenvalue weighted by atomic mass is 10.0. The van der Waals surface area contributed by atoms with E-state index in [0.717, 1.165) is 5.69 Å². The van der Waals surface area contributed by atoms with E-state index in [0.29, 0.717) is 41.4 Å². The largest absolute Gasteiger partial charge is 0.496 e. The fourth-order valence-corrected chi connectivity index (χ4v) is 4.40. The molecular formula is C25H29N3O4. The molecule has 2 aliphatic heterocycles. The van der Waals surface area contributed by atoms with Crippen molar-refractivity contribution in [1.82, 2.24) is 4.90 Å². The smallest absolute Gasteiger partial charge is 0.282 e. The van der Waals surface area contributed by atoms with Crippen LogP contribution in [0.1, 0.15) is 19.4 Å². The molecule has 2 aromatic carbocycles. The number of amides is 2. The zero-order chi connectivity index (χ0) is 23.0. The number of anilines is 2. The fourth-order valence-electron chi connectivity index (χ4n) is 4.40. The lowest BCUT2D eigenvalue weighted by molar-refractivity contribution is -0.121. The van der Waals surface area contributed by atoms with Crippen LogP contribution < -0.4 is 14.5 Å². The van der Waals surface area contributed by atoms with Gasteiger partial charge in [-0.05, 0) is 44.2 Å². The van der Waals surface area contributed by atoms with Gasteiger partial charge in [0.15, 0.2) is 0 Å². The van der Waals surface area contributed by atoms with Crippen molar-refractivity contribution < 1.29 is 19.1 Å². The number of carbonyl (C=O) groups excluding carboxylic acids is 2. The highest BCUT2D eigenvalue weighted by atomic mass is 16.5. The molecule has 2 heterocycles. The first-order chi connectivity index (χ1) is 15.3. The molecule has 0 aromatic heterocycles. The number of methoxy groups -OCH3 is 1. The molecule has 0 aliphatic carbocycles. The third-order valence-corrected chi connectivity index (χ3v) is 5.80. The van der Waals surface area contributed by atoms with Crippen LogP contribution in [0, 0.1) is 0 Å². The lowest BCUT2D eigenvalue weighted by Gasteiger charge is -2.37. The number of para-hydroxylation sites is 1. The number of hydrogen-bond donors (Lipinski definition) is 0. The first-order valence-electron chi connectivity index (χ1n) is 10.8. The maximum absolute atomic E-state index is 13.7. The highest BCUT2D eigenvalue weighted by Crippen LogP contribution is 2.39. The summed E-state index contributed by atoms with van der Waals surface area (Å²) >= 11 is 0. The number of imide groups is 1. The first kappa shape index (κ1) is 21.9. The molecule has 1 saturated heterocycles. The summed E-state index contributed by atoms with van der Waals surface area (Å²) in [4.78, 5) is 32.7. The van der Waals surface area contributed by atoms with Gasteiger partial charge in [0, 0.05) is 38.4 Å². The molecule has 2 aromatic rings. The van der Waals surface area contributed by atoms with Crippen molar-refractivity contribution in [3.05, 3.63) is 59.8 Å². The molecule has 0 N–H and O–H groups in total. The normalized spacial score (nSPS) is 21.4. The third kappa shape index (κ3) is 3.84. The summed E-state index contributed by atoms with van der Waals surface area (Å²) in [5.41, 5.74) is 2.91. The standard InChI is InChI=1S/C25H29N3O4/c1-16-14-27(15-17(2)32-16)23-22(20-8-6-7-9-21(20)31-5)24(29)28(25(23)30)19-12-10-18(11-13-19)26(3)4/h6-13,16-17H,14-15H2,1-5H3. The summed E-state index contributed by atoms with van der Waals surface area (Å²) < 4.78 is 11.4. The van der Waals surface area contributed by atoms with E-state index in [1.165, 1.54) is 4.90 Å². The number of hydrogen-bond acceptors (Lipinski definition) is 6. The van der Waals surface area contributed by atoms with Crippen LogP contribution in [0.25, 0.3) is 5.57 Å². The van der Waals surface area contributed by atoms with Gasteiger partial charge in [-0.15, -0.1) is 0 Å². The van der Waals surface area contributed by atoms with E-state index >= 15 is 0 Å². The molecule has 168 valence electrons. The minimum Gasteiger partial charge on any atom is -0.496 e. The van der Waals surface area contributed by atoms with E-state index in [2.05, 4.69) is 0 Å². The second-order valence-corrected chi connectivity index (χ2v) is 8.44.